The molecular formula is C11H9F4N3O. The van der Waals surface area contributed by atoms with Gasteiger partial charge in [-0.15, -0.1) is 0 Å². The highest BCUT2D eigenvalue weighted by Gasteiger charge is 2.20. The van der Waals surface area contributed by atoms with Gasteiger partial charge in [0, 0.05) is 12.3 Å². The molecule has 0 fully saturated rings. The summed E-state index contributed by atoms with van der Waals surface area (Å²) in [6.45, 7) is -0.105. The first-order valence-corrected chi connectivity index (χ1v) is 5.22. The summed E-state index contributed by atoms with van der Waals surface area (Å²) in [7, 11) is 0. The van der Waals surface area contributed by atoms with Gasteiger partial charge in [-0.05, 0) is 0 Å². The molecule has 2 aromatic rings. The number of ether oxygens (including phenoxy) is 1. The van der Waals surface area contributed by atoms with Crippen molar-refractivity contribution in [1.29, 1.82) is 0 Å². The Kier molecular flexibility index (Phi) is 3.59. The third-order valence-corrected chi connectivity index (χ3v) is 2.29. The van der Waals surface area contributed by atoms with Crippen molar-refractivity contribution in [3.8, 4) is 5.75 Å². The Morgan fingerprint density at radius 1 is 1.16 bits per heavy atom. The van der Waals surface area contributed by atoms with Crippen molar-refractivity contribution < 1.29 is 22.3 Å². The van der Waals surface area contributed by atoms with Crippen molar-refractivity contribution in [3.05, 3.63) is 41.7 Å². The van der Waals surface area contributed by atoms with Crippen molar-refractivity contribution >= 4 is 5.69 Å². The first kappa shape index (κ1) is 13.2. The summed E-state index contributed by atoms with van der Waals surface area (Å²) >= 11 is 0. The molecule has 2 rings (SSSR count). The van der Waals surface area contributed by atoms with Crippen LogP contribution in [-0.4, -0.2) is 16.4 Å². The molecule has 4 nitrogen and oxygen atoms in total. The van der Waals surface area contributed by atoms with Crippen molar-refractivity contribution in [2.75, 3.05) is 12.3 Å². The first-order valence-electron chi connectivity index (χ1n) is 5.22. The summed E-state index contributed by atoms with van der Waals surface area (Å²) in [5.41, 5.74) is 5.82. The van der Waals surface area contributed by atoms with E-state index in [-0.39, 0.29) is 19.2 Å². The Bertz CT molecular complexity index is 574. The minimum absolute atomic E-state index is 0.117. The Hall–Kier alpha value is -2.25. The average molecular weight is 275 g/mol. The summed E-state index contributed by atoms with van der Waals surface area (Å²) in [4.78, 5) is 0. The molecule has 2 N–H and O–H groups in total. The number of aromatic nitrogens is 2. The van der Waals surface area contributed by atoms with Gasteiger partial charge in [-0.2, -0.15) is 13.9 Å². The van der Waals surface area contributed by atoms with Crippen LogP contribution in [0.4, 0.5) is 23.2 Å². The van der Waals surface area contributed by atoms with Gasteiger partial charge in [-0.25, -0.2) is 8.78 Å². The molecule has 19 heavy (non-hydrogen) atoms. The number of nitrogen functional groups attached to an aromatic ring is 1. The van der Waals surface area contributed by atoms with Gasteiger partial charge >= 0.3 is 0 Å². The predicted octanol–water partition coefficient (Wildman–Crippen LogP) is 2.10. The second-order valence-corrected chi connectivity index (χ2v) is 3.68. The van der Waals surface area contributed by atoms with Crippen molar-refractivity contribution in [3.63, 3.8) is 0 Å². The second kappa shape index (κ2) is 5.17. The van der Waals surface area contributed by atoms with Gasteiger partial charge in [0.1, 0.15) is 6.61 Å². The molecule has 0 aliphatic carbocycles. The Morgan fingerprint density at radius 3 is 2.32 bits per heavy atom. The van der Waals surface area contributed by atoms with Crippen LogP contribution in [0, 0.1) is 23.3 Å². The predicted molar refractivity (Wildman–Crippen MR) is 58.4 cm³/mol. The van der Waals surface area contributed by atoms with Crippen LogP contribution in [0.2, 0.25) is 0 Å². The lowest BCUT2D eigenvalue weighted by Crippen LogP contribution is -2.11. The van der Waals surface area contributed by atoms with Gasteiger partial charge in [-0.3, -0.25) is 4.68 Å². The van der Waals surface area contributed by atoms with Crippen LogP contribution in [-0.2, 0) is 6.54 Å². The summed E-state index contributed by atoms with van der Waals surface area (Å²) in [6, 6.07) is 0.117. The molecule has 0 aliphatic heterocycles. The molecule has 8 heteroatoms. The van der Waals surface area contributed by atoms with E-state index < -0.39 is 29.0 Å². The van der Waals surface area contributed by atoms with Crippen LogP contribution in [0.5, 0.6) is 5.75 Å². The summed E-state index contributed by atoms with van der Waals surface area (Å²) in [5, 5.41) is 3.80. The third-order valence-electron chi connectivity index (χ3n) is 2.29. The summed E-state index contributed by atoms with van der Waals surface area (Å²) in [5.74, 6) is -7.26. The fraction of sp³-hybridized carbons (Fsp3) is 0.182. The first-order chi connectivity index (χ1) is 8.99. The summed E-state index contributed by atoms with van der Waals surface area (Å²) in [6.07, 6.45) is 2.85. The molecule has 1 heterocycles. The van der Waals surface area contributed by atoms with Gasteiger partial charge in [0.25, 0.3) is 0 Å². The molecule has 1 aromatic heterocycles. The van der Waals surface area contributed by atoms with Gasteiger partial charge in [0.05, 0.1) is 18.4 Å². The maximum Gasteiger partial charge on any atom is 0.203 e. The molecule has 0 bridgehead atoms. The molecule has 0 aliphatic rings. The van der Waals surface area contributed by atoms with Crippen molar-refractivity contribution in [2.24, 2.45) is 0 Å². The van der Waals surface area contributed by atoms with Crippen LogP contribution < -0.4 is 10.5 Å². The molecule has 102 valence electrons. The minimum Gasteiger partial charge on any atom is -0.485 e. The Labute approximate surface area is 105 Å². The van der Waals surface area contributed by atoms with E-state index in [9.17, 15) is 17.6 Å². The van der Waals surface area contributed by atoms with Gasteiger partial charge in [0.2, 0.25) is 11.6 Å². The second-order valence-electron chi connectivity index (χ2n) is 3.68. The number of nitrogens with two attached hydrogens (primary N) is 1. The van der Waals surface area contributed by atoms with Gasteiger partial charge in [0.15, 0.2) is 17.4 Å². The highest BCUT2D eigenvalue weighted by molar-refractivity contribution is 5.30. The van der Waals surface area contributed by atoms with Crippen LogP contribution in [0.25, 0.3) is 0 Å². The van der Waals surface area contributed by atoms with E-state index in [2.05, 4.69) is 5.10 Å². The number of anilines is 1. The lowest BCUT2D eigenvalue weighted by molar-refractivity contribution is 0.254. The van der Waals surface area contributed by atoms with Crippen LogP contribution in [0.3, 0.4) is 0 Å². The number of hydrogen-bond donors (Lipinski definition) is 1. The highest BCUT2D eigenvalue weighted by atomic mass is 19.2. The van der Waals surface area contributed by atoms with E-state index in [0.29, 0.717) is 5.69 Å². The average Bonchev–Trinajstić information content (AvgIpc) is 2.77. The molecule has 0 amide bonds. The zero-order valence-corrected chi connectivity index (χ0v) is 9.54. The standard InChI is InChI=1S/C11H9F4N3O/c12-7-3-8(13)10(15)11(9(7)14)19-2-1-18-5-6(16)4-17-18/h3-5H,1-2,16H2. The topological polar surface area (TPSA) is 53.1 Å². The minimum atomic E-state index is -1.57. The van der Waals surface area contributed by atoms with Gasteiger partial charge < -0.3 is 10.5 Å². The van der Waals surface area contributed by atoms with Crippen LogP contribution >= 0.6 is 0 Å². The number of benzene rings is 1. The Morgan fingerprint density at radius 2 is 1.79 bits per heavy atom. The molecule has 0 spiro atoms. The van der Waals surface area contributed by atoms with E-state index in [1.54, 1.807) is 0 Å². The zero-order chi connectivity index (χ0) is 14.0. The molecule has 0 unspecified atom stereocenters. The molecular weight excluding hydrogens is 266 g/mol. The monoisotopic (exact) mass is 275 g/mol. The molecule has 0 atom stereocenters. The lowest BCUT2D eigenvalue weighted by Gasteiger charge is -2.09. The van der Waals surface area contributed by atoms with Crippen LogP contribution in [0.1, 0.15) is 0 Å². The van der Waals surface area contributed by atoms with E-state index in [1.165, 1.54) is 17.1 Å². The fourth-order valence-corrected chi connectivity index (χ4v) is 1.42. The lowest BCUT2D eigenvalue weighted by atomic mass is 10.3. The molecule has 0 saturated heterocycles. The van der Waals surface area contributed by atoms with Crippen molar-refractivity contribution in [2.45, 2.75) is 6.54 Å². The van der Waals surface area contributed by atoms with Crippen LogP contribution in [0.15, 0.2) is 18.5 Å². The van der Waals surface area contributed by atoms with Crippen molar-refractivity contribution in [1.82, 2.24) is 9.78 Å². The molecule has 0 radical (unpaired) electrons. The highest BCUT2D eigenvalue weighted by Crippen LogP contribution is 2.26. The number of rotatable bonds is 4. The Balaban J connectivity index is 2.07. The van der Waals surface area contributed by atoms with E-state index in [4.69, 9.17) is 10.5 Å². The smallest absolute Gasteiger partial charge is 0.203 e. The maximum atomic E-state index is 13.2. The third kappa shape index (κ3) is 2.78. The maximum absolute atomic E-state index is 13.2. The largest absolute Gasteiger partial charge is 0.485 e. The van der Waals surface area contributed by atoms with E-state index >= 15 is 0 Å². The van der Waals surface area contributed by atoms with E-state index in [1.807, 2.05) is 0 Å². The van der Waals surface area contributed by atoms with Gasteiger partial charge in [-0.1, -0.05) is 0 Å². The number of nitrogens with zero attached hydrogens (tertiary/aromatic N) is 2. The quantitative estimate of drug-likeness (QED) is 0.686. The summed E-state index contributed by atoms with van der Waals surface area (Å²) < 4.78 is 58.3. The number of hydrogen-bond acceptors (Lipinski definition) is 3. The molecule has 0 saturated carbocycles. The molecule has 1 aromatic carbocycles. The normalized spacial score (nSPS) is 10.7. The fourth-order valence-electron chi connectivity index (χ4n) is 1.42. The van der Waals surface area contributed by atoms with E-state index in [0.717, 1.165) is 0 Å². The zero-order valence-electron chi connectivity index (χ0n) is 9.54. The SMILES string of the molecule is Nc1cnn(CCOc2c(F)c(F)cc(F)c2F)c1. The number of halogens is 4.